The molecule has 0 aromatic carbocycles. The number of hydrogen-bond donors (Lipinski definition) is 2. The molecule has 0 atom stereocenters. The summed E-state index contributed by atoms with van der Waals surface area (Å²) in [7, 11) is 0. The molecule has 1 saturated heterocycles. The van der Waals surface area contributed by atoms with Gasteiger partial charge in [-0.2, -0.15) is 0 Å². The van der Waals surface area contributed by atoms with Crippen LogP contribution in [-0.4, -0.2) is 41.0 Å². The van der Waals surface area contributed by atoms with E-state index in [1.807, 2.05) is 12.3 Å². The largest absolute Gasteiger partial charge is 0.359 e. The smallest absolute Gasteiger partial charge is 0.139 e. The van der Waals surface area contributed by atoms with Crippen molar-refractivity contribution in [3.8, 4) is 10.7 Å². The molecule has 0 unspecified atom stereocenters. The molecule has 0 spiro atoms. The summed E-state index contributed by atoms with van der Waals surface area (Å²) in [6, 6.07) is 4.07. The number of rotatable bonds is 3. The van der Waals surface area contributed by atoms with Crippen LogP contribution >= 0.6 is 11.3 Å². The second-order valence-corrected chi connectivity index (χ2v) is 5.11. The molecule has 3 heterocycles. The minimum atomic E-state index is 0.971. The molecule has 2 aromatic rings. The van der Waals surface area contributed by atoms with Crippen LogP contribution in [0, 0.1) is 0 Å². The van der Waals surface area contributed by atoms with Gasteiger partial charge in [0.05, 0.1) is 11.4 Å². The fourth-order valence-electron chi connectivity index (χ4n) is 2.07. The molecule has 3 rings (SSSR count). The van der Waals surface area contributed by atoms with Gasteiger partial charge in [0.2, 0.25) is 0 Å². The minimum Gasteiger partial charge on any atom is -0.359 e. The molecule has 1 aliphatic rings. The molecule has 4 nitrogen and oxygen atoms in total. The lowest BCUT2D eigenvalue weighted by atomic mass is 10.3. The first-order valence-electron chi connectivity index (χ1n) is 5.93. The van der Waals surface area contributed by atoms with Crippen molar-refractivity contribution in [2.24, 2.45) is 0 Å². The van der Waals surface area contributed by atoms with Crippen LogP contribution in [0.4, 0.5) is 0 Å². The highest BCUT2D eigenvalue weighted by atomic mass is 32.1. The van der Waals surface area contributed by atoms with E-state index in [-0.39, 0.29) is 0 Å². The van der Waals surface area contributed by atoms with E-state index >= 15 is 0 Å². The molecule has 1 fully saturated rings. The van der Waals surface area contributed by atoms with Crippen LogP contribution in [0.2, 0.25) is 0 Å². The lowest BCUT2D eigenvalue weighted by molar-refractivity contribution is 0.231. The van der Waals surface area contributed by atoms with Gasteiger partial charge in [0.25, 0.3) is 0 Å². The van der Waals surface area contributed by atoms with Crippen molar-refractivity contribution < 1.29 is 0 Å². The SMILES string of the molecule is c1c[nH]c(-c2nc(CN3CCNCC3)cs2)c1. The molecule has 2 aromatic heterocycles. The Morgan fingerprint density at radius 1 is 1.35 bits per heavy atom. The molecule has 0 amide bonds. The average molecular weight is 248 g/mol. The summed E-state index contributed by atoms with van der Waals surface area (Å²) in [5, 5.41) is 6.61. The van der Waals surface area contributed by atoms with Gasteiger partial charge >= 0.3 is 0 Å². The van der Waals surface area contributed by atoms with Crippen LogP contribution in [0.5, 0.6) is 0 Å². The van der Waals surface area contributed by atoms with Crippen molar-refractivity contribution in [3.63, 3.8) is 0 Å². The molecule has 0 radical (unpaired) electrons. The molecule has 90 valence electrons. The normalized spacial score (nSPS) is 17.4. The maximum Gasteiger partial charge on any atom is 0.139 e. The highest BCUT2D eigenvalue weighted by Crippen LogP contribution is 2.22. The second kappa shape index (κ2) is 5.00. The molecule has 0 bridgehead atoms. The Morgan fingerprint density at radius 2 is 2.24 bits per heavy atom. The van der Waals surface area contributed by atoms with Gasteiger partial charge in [-0.05, 0) is 12.1 Å². The molecule has 0 saturated carbocycles. The van der Waals surface area contributed by atoms with E-state index in [9.17, 15) is 0 Å². The van der Waals surface area contributed by atoms with Crippen LogP contribution in [0.3, 0.4) is 0 Å². The van der Waals surface area contributed by atoms with Crippen LogP contribution in [0.15, 0.2) is 23.7 Å². The van der Waals surface area contributed by atoms with E-state index in [1.165, 1.54) is 5.69 Å². The molecular weight excluding hydrogens is 232 g/mol. The summed E-state index contributed by atoms with van der Waals surface area (Å²) in [4.78, 5) is 10.3. The monoisotopic (exact) mass is 248 g/mol. The molecule has 2 N–H and O–H groups in total. The van der Waals surface area contributed by atoms with Crippen LogP contribution in [0.25, 0.3) is 10.7 Å². The Morgan fingerprint density at radius 3 is 3.00 bits per heavy atom. The maximum absolute atomic E-state index is 4.67. The number of hydrogen-bond acceptors (Lipinski definition) is 4. The number of piperazine rings is 1. The van der Waals surface area contributed by atoms with Gasteiger partial charge in [-0.1, -0.05) is 0 Å². The third-order valence-electron chi connectivity index (χ3n) is 2.98. The summed E-state index contributed by atoms with van der Waals surface area (Å²) in [5.41, 5.74) is 2.29. The van der Waals surface area contributed by atoms with Crippen molar-refractivity contribution >= 4 is 11.3 Å². The molecule has 17 heavy (non-hydrogen) atoms. The lowest BCUT2D eigenvalue weighted by Crippen LogP contribution is -2.42. The van der Waals surface area contributed by atoms with Crippen molar-refractivity contribution in [1.82, 2.24) is 20.2 Å². The molecule has 1 aliphatic heterocycles. The van der Waals surface area contributed by atoms with Crippen LogP contribution in [0.1, 0.15) is 5.69 Å². The number of thiazole rings is 1. The Bertz CT molecular complexity index is 457. The van der Waals surface area contributed by atoms with E-state index in [1.54, 1.807) is 11.3 Å². The van der Waals surface area contributed by atoms with E-state index in [2.05, 4.69) is 31.6 Å². The first kappa shape index (κ1) is 11.0. The standard InChI is InChI=1S/C12H16N4S/c1-2-11(14-3-1)12-15-10(9-17-12)8-16-6-4-13-5-7-16/h1-3,9,13-14H,4-8H2. The first-order chi connectivity index (χ1) is 8.42. The number of nitrogens with one attached hydrogen (secondary N) is 2. The fraction of sp³-hybridized carbons (Fsp3) is 0.417. The average Bonchev–Trinajstić information content (AvgIpc) is 3.00. The fourth-order valence-corrected chi connectivity index (χ4v) is 2.86. The van der Waals surface area contributed by atoms with Gasteiger partial charge in [0.15, 0.2) is 0 Å². The number of H-pyrrole nitrogens is 1. The van der Waals surface area contributed by atoms with Gasteiger partial charge in [-0.25, -0.2) is 4.98 Å². The maximum atomic E-state index is 4.67. The summed E-state index contributed by atoms with van der Waals surface area (Å²) in [5.74, 6) is 0. The van der Waals surface area contributed by atoms with Gasteiger partial charge in [0, 0.05) is 44.3 Å². The number of aromatic nitrogens is 2. The van der Waals surface area contributed by atoms with Crippen molar-refractivity contribution in [2.75, 3.05) is 26.2 Å². The van der Waals surface area contributed by atoms with Crippen LogP contribution in [-0.2, 0) is 6.54 Å². The molecule has 5 heteroatoms. The lowest BCUT2D eigenvalue weighted by Gasteiger charge is -2.26. The predicted octanol–water partition coefficient (Wildman–Crippen LogP) is 1.54. The zero-order chi connectivity index (χ0) is 11.5. The number of nitrogens with zero attached hydrogens (tertiary/aromatic N) is 2. The van der Waals surface area contributed by atoms with Crippen molar-refractivity contribution in [2.45, 2.75) is 6.54 Å². The quantitative estimate of drug-likeness (QED) is 0.866. The van der Waals surface area contributed by atoms with E-state index < -0.39 is 0 Å². The van der Waals surface area contributed by atoms with Gasteiger partial charge in [-0.15, -0.1) is 11.3 Å². The Hall–Kier alpha value is -1.17. The van der Waals surface area contributed by atoms with E-state index in [4.69, 9.17) is 0 Å². The zero-order valence-electron chi connectivity index (χ0n) is 9.65. The summed E-state index contributed by atoms with van der Waals surface area (Å²) in [6.07, 6.45) is 1.94. The van der Waals surface area contributed by atoms with Gasteiger partial charge in [0.1, 0.15) is 5.01 Å². The van der Waals surface area contributed by atoms with E-state index in [0.29, 0.717) is 0 Å². The Balaban J connectivity index is 1.68. The van der Waals surface area contributed by atoms with Crippen molar-refractivity contribution in [3.05, 3.63) is 29.4 Å². The predicted molar refractivity (Wildman–Crippen MR) is 70.0 cm³/mol. The molecule has 0 aliphatic carbocycles. The number of aromatic amines is 1. The van der Waals surface area contributed by atoms with Crippen molar-refractivity contribution in [1.29, 1.82) is 0 Å². The highest BCUT2D eigenvalue weighted by Gasteiger charge is 2.12. The molecular formula is C12H16N4S. The van der Waals surface area contributed by atoms with Gasteiger partial charge < -0.3 is 10.3 Å². The Labute approximate surface area is 105 Å². The summed E-state index contributed by atoms with van der Waals surface area (Å²) >= 11 is 1.71. The Kier molecular flexibility index (Phi) is 3.22. The summed E-state index contributed by atoms with van der Waals surface area (Å²) in [6.45, 7) is 5.39. The van der Waals surface area contributed by atoms with E-state index in [0.717, 1.165) is 43.4 Å². The minimum absolute atomic E-state index is 0.971. The highest BCUT2D eigenvalue weighted by molar-refractivity contribution is 7.13. The topological polar surface area (TPSA) is 44.0 Å². The first-order valence-corrected chi connectivity index (χ1v) is 6.81. The summed E-state index contributed by atoms with van der Waals surface area (Å²) < 4.78 is 0. The third kappa shape index (κ3) is 2.57. The third-order valence-corrected chi connectivity index (χ3v) is 3.90. The van der Waals surface area contributed by atoms with Gasteiger partial charge in [-0.3, -0.25) is 4.90 Å². The van der Waals surface area contributed by atoms with Crippen LogP contribution < -0.4 is 5.32 Å². The second-order valence-electron chi connectivity index (χ2n) is 4.25. The zero-order valence-corrected chi connectivity index (χ0v) is 10.5.